The van der Waals surface area contributed by atoms with Crippen molar-refractivity contribution in [2.24, 2.45) is 5.41 Å². The van der Waals surface area contributed by atoms with Gasteiger partial charge >= 0.3 is 0 Å². The summed E-state index contributed by atoms with van der Waals surface area (Å²) in [4.78, 5) is 18.2. The third kappa shape index (κ3) is 10.1. The summed E-state index contributed by atoms with van der Waals surface area (Å²) in [5.74, 6) is -0.128. The minimum atomic E-state index is -1.09. The molecule has 5 atom stereocenters. The van der Waals surface area contributed by atoms with Crippen LogP contribution in [0.1, 0.15) is 95.8 Å². The number of nitrogens with zero attached hydrogens (tertiary/aromatic N) is 1. The zero-order valence-corrected chi connectivity index (χ0v) is 34.9. The number of aliphatic hydroxyl groups is 3. The predicted molar refractivity (Wildman–Crippen MR) is 235 cm³/mol. The van der Waals surface area contributed by atoms with E-state index in [0.29, 0.717) is 56.6 Å². The Balaban J connectivity index is 1.20. The molecule has 3 N–H and O–H groups in total. The molecular weight excluding hydrogens is 739 g/mol. The van der Waals surface area contributed by atoms with Crippen molar-refractivity contribution in [3.63, 3.8) is 0 Å². The van der Waals surface area contributed by atoms with Crippen LogP contribution in [0.2, 0.25) is 0 Å². The van der Waals surface area contributed by atoms with Crippen LogP contribution in [0.4, 0.5) is 0 Å². The lowest BCUT2D eigenvalue weighted by molar-refractivity contribution is -0.0905. The minimum absolute atomic E-state index is 0.0391. The number of allylic oxidation sites excluding steroid dienone is 2. The fourth-order valence-electron chi connectivity index (χ4n) is 9.36. The lowest BCUT2D eigenvalue weighted by atomic mass is 9.64. The van der Waals surface area contributed by atoms with Gasteiger partial charge in [-0.15, -0.1) is 11.3 Å². The summed E-state index contributed by atoms with van der Waals surface area (Å²) in [5, 5.41) is 37.7. The molecule has 3 aliphatic rings. The first kappa shape index (κ1) is 41.9. The van der Waals surface area contributed by atoms with E-state index in [4.69, 9.17) is 4.74 Å². The van der Waals surface area contributed by atoms with Crippen LogP contribution in [0.25, 0.3) is 11.1 Å². The average molecular weight is 798 g/mol. The molecule has 1 saturated carbocycles. The second-order valence-electron chi connectivity index (χ2n) is 16.9. The van der Waals surface area contributed by atoms with Crippen molar-refractivity contribution < 1.29 is 24.9 Å². The number of hydrogen-bond acceptors (Lipinski definition) is 7. The zero-order valence-electron chi connectivity index (χ0n) is 34.1. The number of fused-ring (bicyclic) bond motifs is 8. The first-order chi connectivity index (χ1) is 28.1. The Morgan fingerprint density at radius 1 is 0.914 bits per heavy atom. The van der Waals surface area contributed by atoms with Crippen LogP contribution in [0.5, 0.6) is 0 Å². The molecule has 5 aromatic rings. The van der Waals surface area contributed by atoms with Crippen molar-refractivity contribution in [3.8, 4) is 11.1 Å². The van der Waals surface area contributed by atoms with Gasteiger partial charge in [0.25, 0.3) is 0 Å². The van der Waals surface area contributed by atoms with Gasteiger partial charge in [-0.05, 0) is 110 Å². The molecule has 0 amide bonds. The van der Waals surface area contributed by atoms with Gasteiger partial charge in [-0.1, -0.05) is 122 Å². The fraction of sp³-hybridized carbons (Fsp3) is 0.392. The number of ether oxygens (including phenoxy) is 1. The molecule has 3 aliphatic carbocycles. The molecule has 0 spiro atoms. The molecule has 4 aromatic carbocycles. The first-order valence-electron chi connectivity index (χ1n) is 21.0. The van der Waals surface area contributed by atoms with E-state index in [1.54, 1.807) is 11.3 Å². The molecule has 7 heteroatoms. The standard InChI is InChI=1S/C51H59NO5S/c1-37-11-9-27-50(2)48(25-28-51(50,56)36-52(29-26-45-16-10-30-58-45)33-44(54)35-57-34-38-12-5-3-6-13-38)46-24-18-39(31-43(53)23-17-37)32-47(46)49(55)42-21-19-41(20-22-42)40-14-7-4-8-15-40/h3-8,10-16,18-22,24,30,32,43-44,48,53-54,56H,9,17,23,25-29,31,33-36H2,1-2H3. The number of aliphatic hydroxyl groups excluding tert-OH is 2. The highest BCUT2D eigenvalue weighted by Gasteiger charge is 2.57. The molecule has 1 heterocycles. The summed E-state index contributed by atoms with van der Waals surface area (Å²) in [5.41, 5.74) is 5.96. The summed E-state index contributed by atoms with van der Waals surface area (Å²) in [6.07, 6.45) is 6.61. The Morgan fingerprint density at radius 3 is 2.40 bits per heavy atom. The maximum absolute atomic E-state index is 14.7. The third-order valence-corrected chi connectivity index (χ3v) is 13.7. The maximum Gasteiger partial charge on any atom is 0.193 e. The van der Waals surface area contributed by atoms with Crippen LogP contribution < -0.4 is 0 Å². The number of ketones is 1. The van der Waals surface area contributed by atoms with Gasteiger partial charge in [-0.2, -0.15) is 0 Å². The van der Waals surface area contributed by atoms with Crippen molar-refractivity contribution in [2.75, 3.05) is 26.2 Å². The van der Waals surface area contributed by atoms with E-state index in [-0.39, 0.29) is 18.3 Å². The average Bonchev–Trinajstić information content (AvgIpc) is 3.85. The number of thiophene rings is 1. The normalized spacial score (nSPS) is 23.0. The Morgan fingerprint density at radius 2 is 1.66 bits per heavy atom. The zero-order chi connectivity index (χ0) is 40.5. The lowest BCUT2D eigenvalue weighted by Gasteiger charge is -2.46. The molecule has 1 aromatic heterocycles. The molecule has 6 nitrogen and oxygen atoms in total. The minimum Gasteiger partial charge on any atom is -0.393 e. The molecular formula is C51H59NO5S. The van der Waals surface area contributed by atoms with E-state index in [0.717, 1.165) is 59.9 Å². The van der Waals surface area contributed by atoms with Gasteiger partial charge in [0.15, 0.2) is 5.78 Å². The van der Waals surface area contributed by atoms with Gasteiger partial charge < -0.3 is 20.1 Å². The molecule has 1 fully saturated rings. The van der Waals surface area contributed by atoms with E-state index < -0.39 is 23.2 Å². The predicted octanol–water partition coefficient (Wildman–Crippen LogP) is 9.81. The van der Waals surface area contributed by atoms with Crippen molar-refractivity contribution in [1.82, 2.24) is 4.90 Å². The number of carbonyl (C=O) groups is 1. The van der Waals surface area contributed by atoms with E-state index in [2.05, 4.69) is 66.6 Å². The van der Waals surface area contributed by atoms with Gasteiger partial charge in [0, 0.05) is 41.1 Å². The number of rotatable bonds is 14. The summed E-state index contributed by atoms with van der Waals surface area (Å²) in [6.45, 7) is 6.47. The Hall–Kier alpha value is -4.21. The van der Waals surface area contributed by atoms with E-state index in [1.165, 1.54) is 10.5 Å². The summed E-state index contributed by atoms with van der Waals surface area (Å²) in [7, 11) is 0. The van der Waals surface area contributed by atoms with Crippen LogP contribution in [-0.4, -0.2) is 70.1 Å². The molecule has 0 radical (unpaired) electrons. The van der Waals surface area contributed by atoms with E-state index in [9.17, 15) is 20.1 Å². The Labute approximate surface area is 348 Å². The smallest absolute Gasteiger partial charge is 0.193 e. The van der Waals surface area contributed by atoms with Crippen molar-refractivity contribution in [2.45, 2.75) is 95.5 Å². The van der Waals surface area contributed by atoms with Crippen LogP contribution >= 0.6 is 11.3 Å². The van der Waals surface area contributed by atoms with Crippen molar-refractivity contribution >= 4 is 17.1 Å². The van der Waals surface area contributed by atoms with E-state index in [1.807, 2.05) is 78.9 Å². The monoisotopic (exact) mass is 797 g/mol. The maximum atomic E-state index is 14.7. The lowest BCUT2D eigenvalue weighted by Crippen LogP contribution is -2.54. The largest absolute Gasteiger partial charge is 0.393 e. The van der Waals surface area contributed by atoms with Gasteiger partial charge in [0.05, 0.1) is 31.0 Å². The van der Waals surface area contributed by atoms with Crippen LogP contribution in [0, 0.1) is 5.41 Å². The Kier molecular flexibility index (Phi) is 13.9. The second kappa shape index (κ2) is 19.2. The fourth-order valence-corrected chi connectivity index (χ4v) is 10.1. The number of hydrogen-bond donors (Lipinski definition) is 3. The highest BCUT2D eigenvalue weighted by Crippen LogP contribution is 2.59. The molecule has 8 rings (SSSR count). The molecule has 0 saturated heterocycles. The van der Waals surface area contributed by atoms with Gasteiger partial charge in [-0.3, -0.25) is 9.69 Å². The molecule has 304 valence electrons. The summed E-state index contributed by atoms with van der Waals surface area (Å²) >= 11 is 1.73. The first-order valence-corrected chi connectivity index (χ1v) is 21.9. The second-order valence-corrected chi connectivity index (χ2v) is 18.0. The Bertz CT molecular complexity index is 2100. The van der Waals surface area contributed by atoms with Crippen LogP contribution in [0.15, 0.2) is 132 Å². The van der Waals surface area contributed by atoms with Gasteiger partial charge in [0.2, 0.25) is 0 Å². The number of carbonyl (C=O) groups excluding carboxylic acids is 1. The molecule has 5 unspecified atom stereocenters. The topological polar surface area (TPSA) is 90.2 Å². The quantitative estimate of drug-likeness (QED) is 0.0766. The summed E-state index contributed by atoms with van der Waals surface area (Å²) in [6, 6.07) is 38.5. The van der Waals surface area contributed by atoms with Gasteiger partial charge in [0.1, 0.15) is 0 Å². The van der Waals surface area contributed by atoms with Crippen molar-refractivity contribution in [3.05, 3.63) is 165 Å². The molecule has 58 heavy (non-hydrogen) atoms. The third-order valence-electron chi connectivity index (χ3n) is 12.8. The van der Waals surface area contributed by atoms with Crippen molar-refractivity contribution in [1.29, 1.82) is 0 Å². The highest BCUT2D eigenvalue weighted by atomic mass is 32.1. The molecule has 2 bridgehead atoms. The van der Waals surface area contributed by atoms with E-state index >= 15 is 0 Å². The van der Waals surface area contributed by atoms with Crippen LogP contribution in [0.3, 0.4) is 0 Å². The highest BCUT2D eigenvalue weighted by molar-refractivity contribution is 7.09. The van der Waals surface area contributed by atoms with Gasteiger partial charge in [-0.25, -0.2) is 0 Å². The van der Waals surface area contributed by atoms with Crippen LogP contribution in [-0.2, 0) is 24.2 Å². The SMILES string of the molecule is CC1=CCCC2(C)C(CCC2(O)CN(CCc2cccs2)CC(O)COCc2ccccc2)c2ccc(cc2C(=O)c2ccc(-c3ccccc3)cc2)CC(O)CC1. The summed E-state index contributed by atoms with van der Waals surface area (Å²) < 4.78 is 5.97. The molecule has 0 aliphatic heterocycles. The number of benzene rings is 4.